The minimum Gasteiger partial charge on any atom is -0.431 e. The van der Waals surface area contributed by atoms with Crippen molar-refractivity contribution in [1.29, 1.82) is 5.41 Å². The van der Waals surface area contributed by atoms with Gasteiger partial charge in [-0.2, -0.15) is 8.78 Å². The van der Waals surface area contributed by atoms with Crippen LogP contribution in [0.25, 0.3) is 0 Å². The lowest BCUT2D eigenvalue weighted by molar-refractivity contribution is -0.0519. The van der Waals surface area contributed by atoms with Crippen LogP contribution in [0, 0.1) is 23.2 Å². The number of methoxy groups -OCH3 is 1. The van der Waals surface area contributed by atoms with Crippen molar-refractivity contribution in [1.82, 2.24) is 15.2 Å². The molecule has 2 aliphatic carbocycles. The number of nitrogens with one attached hydrogen (secondary N) is 2. The zero-order chi connectivity index (χ0) is 22.3. The molecule has 1 aromatic rings. The van der Waals surface area contributed by atoms with Gasteiger partial charge in [-0.25, -0.2) is 4.98 Å². The van der Waals surface area contributed by atoms with E-state index in [1.807, 2.05) is 6.08 Å². The second-order valence-electron chi connectivity index (χ2n) is 9.09. The molecule has 0 bridgehead atoms. The summed E-state index contributed by atoms with van der Waals surface area (Å²) < 4.78 is 35.0. The van der Waals surface area contributed by atoms with Crippen LogP contribution in [-0.4, -0.2) is 60.6 Å². The van der Waals surface area contributed by atoms with E-state index in [9.17, 15) is 8.78 Å². The third kappa shape index (κ3) is 4.67. The Labute approximate surface area is 181 Å². The fraction of sp³-hybridized carbons (Fsp3) is 0.636. The Morgan fingerprint density at radius 2 is 2.00 bits per heavy atom. The minimum absolute atomic E-state index is 0.120. The molecule has 1 saturated heterocycles. The van der Waals surface area contributed by atoms with Gasteiger partial charge in [-0.3, -0.25) is 4.90 Å². The first-order chi connectivity index (χ1) is 14.8. The van der Waals surface area contributed by atoms with E-state index in [1.54, 1.807) is 7.11 Å². The monoisotopic (exact) mass is 435 g/mol. The normalized spacial score (nSPS) is 28.5. The smallest absolute Gasteiger partial charge is 0.387 e. The highest BCUT2D eigenvalue weighted by Gasteiger charge is 2.59. The molecule has 0 amide bonds. The molecule has 0 radical (unpaired) electrons. The van der Waals surface area contributed by atoms with Gasteiger partial charge in [0.15, 0.2) is 11.6 Å². The zero-order valence-electron chi connectivity index (χ0n) is 18.1. The van der Waals surface area contributed by atoms with Crippen molar-refractivity contribution in [2.45, 2.75) is 51.5 Å². The van der Waals surface area contributed by atoms with Gasteiger partial charge in [-0.15, -0.1) is 0 Å². The zero-order valence-corrected chi connectivity index (χ0v) is 18.1. The van der Waals surface area contributed by atoms with Crippen LogP contribution < -0.4 is 15.8 Å². The molecule has 0 unspecified atom stereocenters. The summed E-state index contributed by atoms with van der Waals surface area (Å²) in [6, 6.07) is 2.21. The lowest BCUT2D eigenvalue weighted by Crippen LogP contribution is -2.55. The first-order valence-electron chi connectivity index (χ1n) is 10.8. The standard InChI is InChI=1S/C22H31F2N5O2/c1-11(2)28-18(7-17(25)12-4-19(31-22(23)24)21(26)27-8-12)20-15-5-13(6-16(15)20)29-9-14(10-29)30-3/h4,7-8,11,13-16,20,22,25,28H,5-6,9-10H2,1-3H3,(H2,26,27)/b18-7-,25-17?/t13-,15+,16-,20-. The molecule has 4 N–H and O–H groups in total. The maximum atomic E-state index is 12.6. The fourth-order valence-electron chi connectivity index (χ4n) is 5.09. The predicted octanol–water partition coefficient (Wildman–Crippen LogP) is 2.87. The summed E-state index contributed by atoms with van der Waals surface area (Å²) in [4.78, 5) is 6.43. The SMILES string of the molecule is COC1CN([C@H]2C[C@@H]3[C@H](C2)[C@H]3/C(=C/C(=N)c2cnc(N)c(OC(F)F)c2)NC(C)C)C1. The molecule has 170 valence electrons. The van der Waals surface area contributed by atoms with Gasteiger partial charge >= 0.3 is 6.61 Å². The highest BCUT2D eigenvalue weighted by Crippen LogP contribution is 2.61. The number of allylic oxidation sites excluding steroid dienone is 2. The van der Waals surface area contributed by atoms with Crippen LogP contribution in [0.1, 0.15) is 32.3 Å². The van der Waals surface area contributed by atoms with Crippen LogP contribution in [0.5, 0.6) is 5.75 Å². The van der Waals surface area contributed by atoms with E-state index in [2.05, 4.69) is 33.8 Å². The van der Waals surface area contributed by atoms with Crippen molar-refractivity contribution in [3.63, 3.8) is 0 Å². The molecule has 0 spiro atoms. The number of nitrogens with zero attached hydrogens (tertiary/aromatic N) is 2. The average molecular weight is 436 g/mol. The summed E-state index contributed by atoms with van der Waals surface area (Å²) in [5.41, 5.74) is 7.25. The van der Waals surface area contributed by atoms with Crippen LogP contribution in [0.2, 0.25) is 0 Å². The summed E-state index contributed by atoms with van der Waals surface area (Å²) in [5.74, 6) is 1.33. The molecule has 0 aromatic carbocycles. The van der Waals surface area contributed by atoms with Crippen LogP contribution in [-0.2, 0) is 4.74 Å². The number of nitrogen functional groups attached to an aromatic ring is 1. The van der Waals surface area contributed by atoms with Gasteiger partial charge in [0.05, 0.1) is 11.8 Å². The summed E-state index contributed by atoms with van der Waals surface area (Å²) in [6.07, 6.45) is 5.94. The summed E-state index contributed by atoms with van der Waals surface area (Å²) >= 11 is 0. The van der Waals surface area contributed by atoms with Gasteiger partial charge in [-0.1, -0.05) is 0 Å². The first-order valence-corrected chi connectivity index (χ1v) is 10.8. The number of nitrogens with two attached hydrogens (primary N) is 1. The molecule has 4 rings (SSSR count). The molecule has 3 aliphatic rings. The average Bonchev–Trinajstić information content (AvgIpc) is 3.15. The fourth-order valence-corrected chi connectivity index (χ4v) is 5.09. The Balaban J connectivity index is 1.44. The number of fused-ring (bicyclic) bond motifs is 1. The van der Waals surface area contributed by atoms with Crippen LogP contribution in [0.4, 0.5) is 14.6 Å². The van der Waals surface area contributed by atoms with Gasteiger partial charge in [0, 0.05) is 55.7 Å². The highest BCUT2D eigenvalue weighted by atomic mass is 19.3. The lowest BCUT2D eigenvalue weighted by Gasteiger charge is -2.43. The van der Waals surface area contributed by atoms with E-state index in [0.29, 0.717) is 35.5 Å². The van der Waals surface area contributed by atoms with Gasteiger partial charge in [0.2, 0.25) is 0 Å². The number of hydrogen-bond acceptors (Lipinski definition) is 7. The van der Waals surface area contributed by atoms with Gasteiger partial charge < -0.3 is 25.9 Å². The molecule has 9 heteroatoms. The van der Waals surface area contributed by atoms with E-state index >= 15 is 0 Å². The molecule has 2 saturated carbocycles. The Morgan fingerprint density at radius 1 is 1.32 bits per heavy atom. The molecule has 3 fully saturated rings. The maximum Gasteiger partial charge on any atom is 0.387 e. The summed E-state index contributed by atoms with van der Waals surface area (Å²) in [5, 5.41) is 12.0. The maximum absolute atomic E-state index is 12.6. The quantitative estimate of drug-likeness (QED) is 0.516. The van der Waals surface area contributed by atoms with Crippen LogP contribution in [0.3, 0.4) is 0 Å². The van der Waals surface area contributed by atoms with E-state index in [4.69, 9.17) is 15.9 Å². The molecule has 7 nitrogen and oxygen atoms in total. The number of ether oxygens (including phenoxy) is 2. The molecule has 31 heavy (non-hydrogen) atoms. The number of aromatic nitrogens is 1. The third-order valence-electron chi connectivity index (χ3n) is 6.67. The lowest BCUT2D eigenvalue weighted by atomic mass is 9.98. The number of anilines is 1. The van der Waals surface area contributed by atoms with Gasteiger partial charge in [0.25, 0.3) is 0 Å². The van der Waals surface area contributed by atoms with Crippen molar-refractivity contribution >= 4 is 11.5 Å². The number of hydrogen-bond donors (Lipinski definition) is 3. The summed E-state index contributed by atoms with van der Waals surface area (Å²) in [7, 11) is 1.77. The molecule has 4 atom stereocenters. The van der Waals surface area contributed by atoms with Gasteiger partial charge in [0.1, 0.15) is 0 Å². The third-order valence-corrected chi connectivity index (χ3v) is 6.67. The van der Waals surface area contributed by atoms with Gasteiger partial charge in [-0.05, 0) is 50.7 Å². The number of likely N-dealkylation sites (tertiary alicyclic amines) is 1. The second kappa shape index (κ2) is 8.70. The minimum atomic E-state index is -2.99. The van der Waals surface area contributed by atoms with E-state index in [-0.39, 0.29) is 23.3 Å². The Hall–Kier alpha value is -2.26. The Morgan fingerprint density at radius 3 is 2.58 bits per heavy atom. The van der Waals surface area contributed by atoms with E-state index < -0.39 is 6.61 Å². The van der Waals surface area contributed by atoms with E-state index in [1.165, 1.54) is 25.1 Å². The molecular formula is C22H31F2N5O2. The van der Waals surface area contributed by atoms with E-state index in [0.717, 1.165) is 18.8 Å². The second-order valence-corrected chi connectivity index (χ2v) is 9.09. The number of halogens is 2. The molecule has 2 heterocycles. The highest BCUT2D eigenvalue weighted by molar-refractivity contribution is 6.07. The predicted molar refractivity (Wildman–Crippen MR) is 114 cm³/mol. The van der Waals surface area contributed by atoms with Crippen molar-refractivity contribution in [3.8, 4) is 5.75 Å². The first kappa shape index (κ1) is 22.0. The van der Waals surface area contributed by atoms with Crippen molar-refractivity contribution < 1.29 is 18.3 Å². The topological polar surface area (TPSA) is 96.5 Å². The Kier molecular flexibility index (Phi) is 6.16. The number of rotatable bonds is 9. The van der Waals surface area contributed by atoms with Crippen LogP contribution >= 0.6 is 0 Å². The molecular weight excluding hydrogens is 404 g/mol. The molecule has 1 aromatic heterocycles. The van der Waals surface area contributed by atoms with Crippen LogP contribution in [0.15, 0.2) is 24.0 Å². The number of alkyl halides is 2. The largest absolute Gasteiger partial charge is 0.431 e. The van der Waals surface area contributed by atoms with Crippen molar-refractivity contribution in [2.75, 3.05) is 25.9 Å². The molecule has 1 aliphatic heterocycles. The number of pyridine rings is 1. The van der Waals surface area contributed by atoms with Crippen molar-refractivity contribution in [2.24, 2.45) is 17.8 Å². The van der Waals surface area contributed by atoms with Crippen molar-refractivity contribution in [3.05, 3.63) is 29.6 Å². The Bertz CT molecular complexity index is 844. The summed E-state index contributed by atoms with van der Waals surface area (Å²) in [6.45, 7) is 3.20.